The summed E-state index contributed by atoms with van der Waals surface area (Å²) in [5.41, 5.74) is 0. The molecule has 9 atom stereocenters. The minimum Gasteiger partial charge on any atom is -0.460 e. The van der Waals surface area contributed by atoms with E-state index < -0.39 is 80.6 Å². The summed E-state index contributed by atoms with van der Waals surface area (Å²) in [5, 5.41) is 68.6. The molecule has 2 fully saturated rings. The molecule has 0 aliphatic carbocycles. The molecule has 2 heterocycles. The van der Waals surface area contributed by atoms with E-state index in [1.807, 2.05) is 0 Å². The van der Waals surface area contributed by atoms with E-state index in [4.69, 9.17) is 18.9 Å². The molecule has 0 amide bonds. The third kappa shape index (κ3) is 4.40. The number of aliphatic hydroxyl groups is 7. The molecular weight excluding hydrogens is 372 g/mol. The van der Waals surface area contributed by atoms with Crippen LogP contribution in [0.25, 0.3) is 0 Å². The smallest absolute Gasteiger partial charge is 0.305 e. The number of hydrogen-bond acceptors (Lipinski definition) is 12. The fraction of sp³-hybridized carbons (Fsp3) is 0.933. The molecule has 2 rings (SSSR count). The van der Waals surface area contributed by atoms with Gasteiger partial charge in [0.05, 0.1) is 13.2 Å². The van der Waals surface area contributed by atoms with Crippen molar-refractivity contribution >= 4 is 5.97 Å². The third-order valence-electron chi connectivity index (χ3n) is 4.57. The van der Waals surface area contributed by atoms with Gasteiger partial charge in [0, 0.05) is 6.42 Å². The van der Waals surface area contributed by atoms with Crippen molar-refractivity contribution in [2.45, 2.75) is 68.1 Å². The van der Waals surface area contributed by atoms with Crippen LogP contribution >= 0.6 is 0 Å². The summed E-state index contributed by atoms with van der Waals surface area (Å²) < 4.78 is 20.9. The number of rotatable bonds is 7. The maximum atomic E-state index is 11.5. The molecule has 7 N–H and O–H groups in total. The van der Waals surface area contributed by atoms with Crippen LogP contribution in [0.2, 0.25) is 0 Å². The molecule has 12 heteroatoms. The molecule has 2 saturated heterocycles. The van der Waals surface area contributed by atoms with Crippen molar-refractivity contribution in [3.63, 3.8) is 0 Å². The molecule has 0 bridgehead atoms. The average Bonchev–Trinajstić information content (AvgIpc) is 2.91. The van der Waals surface area contributed by atoms with Crippen molar-refractivity contribution < 1.29 is 59.5 Å². The summed E-state index contributed by atoms with van der Waals surface area (Å²) in [6.07, 6.45) is -12.9. The van der Waals surface area contributed by atoms with Crippen molar-refractivity contribution in [2.24, 2.45) is 0 Å². The first-order chi connectivity index (χ1) is 12.7. The van der Waals surface area contributed by atoms with E-state index in [1.54, 1.807) is 0 Å². The van der Waals surface area contributed by atoms with E-state index >= 15 is 0 Å². The predicted octanol–water partition coefficient (Wildman–Crippen LogP) is -4.43. The molecule has 0 saturated carbocycles. The Morgan fingerprint density at radius 2 is 1.59 bits per heavy atom. The molecule has 0 aromatic heterocycles. The molecule has 158 valence electrons. The fourth-order valence-electron chi connectivity index (χ4n) is 2.90. The van der Waals surface area contributed by atoms with Crippen LogP contribution in [0.15, 0.2) is 0 Å². The second-order valence-corrected chi connectivity index (χ2v) is 6.42. The van der Waals surface area contributed by atoms with Gasteiger partial charge in [-0.15, -0.1) is 0 Å². The maximum Gasteiger partial charge on any atom is 0.305 e. The van der Waals surface area contributed by atoms with Crippen molar-refractivity contribution in [1.82, 2.24) is 0 Å². The molecule has 12 nitrogen and oxygen atoms in total. The number of hydrogen-bond donors (Lipinski definition) is 7. The van der Waals surface area contributed by atoms with Crippen molar-refractivity contribution in [2.75, 3.05) is 19.8 Å². The van der Waals surface area contributed by atoms with E-state index in [9.17, 15) is 40.5 Å². The van der Waals surface area contributed by atoms with E-state index in [2.05, 4.69) is 0 Å². The van der Waals surface area contributed by atoms with Gasteiger partial charge in [0.1, 0.15) is 49.3 Å². The predicted molar refractivity (Wildman–Crippen MR) is 82.8 cm³/mol. The van der Waals surface area contributed by atoms with Gasteiger partial charge < -0.3 is 54.7 Å². The summed E-state index contributed by atoms with van der Waals surface area (Å²) in [4.78, 5) is 11.5. The summed E-state index contributed by atoms with van der Waals surface area (Å²) in [6, 6.07) is 0. The highest BCUT2D eigenvalue weighted by Crippen LogP contribution is 2.36. The lowest BCUT2D eigenvalue weighted by atomic mass is 9.99. The van der Waals surface area contributed by atoms with Gasteiger partial charge in [-0.1, -0.05) is 6.92 Å². The molecule has 2 aliphatic rings. The molecule has 0 aromatic rings. The summed E-state index contributed by atoms with van der Waals surface area (Å²) >= 11 is 0. The van der Waals surface area contributed by atoms with Gasteiger partial charge >= 0.3 is 5.97 Å². The molecule has 2 aliphatic heterocycles. The van der Waals surface area contributed by atoms with Crippen LogP contribution in [0.4, 0.5) is 0 Å². The Morgan fingerprint density at radius 1 is 0.963 bits per heavy atom. The van der Waals surface area contributed by atoms with Crippen LogP contribution in [0, 0.1) is 0 Å². The van der Waals surface area contributed by atoms with Gasteiger partial charge in [0.2, 0.25) is 5.79 Å². The SMILES string of the molecule is CCC(=O)OC[C@@]1(O[C@H]2O[C@H](CO)[C@@H](O)[C@H](O)[C@H]2O)O[C@H](CO)[C@@H](O)[C@@H]1O. The average molecular weight is 398 g/mol. The third-order valence-corrected chi connectivity index (χ3v) is 4.57. The zero-order valence-electron chi connectivity index (χ0n) is 14.6. The molecule has 0 aromatic carbocycles. The molecular formula is C15H26O12. The van der Waals surface area contributed by atoms with E-state index in [-0.39, 0.29) is 6.42 Å². The highest BCUT2D eigenvalue weighted by atomic mass is 16.8. The van der Waals surface area contributed by atoms with Crippen LogP contribution in [0.3, 0.4) is 0 Å². The van der Waals surface area contributed by atoms with E-state index in [0.29, 0.717) is 0 Å². The fourth-order valence-corrected chi connectivity index (χ4v) is 2.90. The van der Waals surface area contributed by atoms with E-state index in [0.717, 1.165) is 0 Å². The Hall–Kier alpha value is -0.930. The number of ether oxygens (including phenoxy) is 4. The zero-order valence-corrected chi connectivity index (χ0v) is 14.6. The molecule has 0 unspecified atom stereocenters. The largest absolute Gasteiger partial charge is 0.460 e. The molecule has 0 spiro atoms. The lowest BCUT2D eigenvalue weighted by molar-refractivity contribution is -0.383. The number of esters is 1. The molecule has 0 radical (unpaired) electrons. The van der Waals surface area contributed by atoms with Gasteiger partial charge in [-0.2, -0.15) is 0 Å². The van der Waals surface area contributed by atoms with Crippen molar-refractivity contribution in [3.8, 4) is 0 Å². The van der Waals surface area contributed by atoms with Gasteiger partial charge in [-0.05, 0) is 0 Å². The summed E-state index contributed by atoms with van der Waals surface area (Å²) in [7, 11) is 0. The van der Waals surface area contributed by atoms with Crippen LogP contribution < -0.4 is 0 Å². The quantitative estimate of drug-likeness (QED) is 0.204. The Balaban J connectivity index is 2.24. The monoisotopic (exact) mass is 398 g/mol. The van der Waals surface area contributed by atoms with Gasteiger partial charge in [-0.3, -0.25) is 4.79 Å². The van der Waals surface area contributed by atoms with E-state index in [1.165, 1.54) is 6.92 Å². The minimum atomic E-state index is -2.23. The van der Waals surface area contributed by atoms with Gasteiger partial charge in [0.25, 0.3) is 0 Å². The Bertz CT molecular complexity index is 501. The van der Waals surface area contributed by atoms with Crippen LogP contribution in [0.1, 0.15) is 13.3 Å². The van der Waals surface area contributed by atoms with Gasteiger partial charge in [-0.25, -0.2) is 0 Å². The topological polar surface area (TPSA) is 196 Å². The second kappa shape index (κ2) is 9.05. The highest BCUT2D eigenvalue weighted by molar-refractivity contribution is 5.68. The lowest BCUT2D eigenvalue weighted by Gasteiger charge is -2.43. The number of carbonyl (C=O) groups is 1. The Morgan fingerprint density at radius 3 is 2.11 bits per heavy atom. The number of aliphatic hydroxyl groups excluding tert-OH is 7. The first kappa shape index (κ1) is 22.4. The second-order valence-electron chi connectivity index (χ2n) is 6.42. The van der Waals surface area contributed by atoms with Crippen molar-refractivity contribution in [1.29, 1.82) is 0 Å². The van der Waals surface area contributed by atoms with Crippen molar-refractivity contribution in [3.05, 3.63) is 0 Å². The summed E-state index contributed by atoms with van der Waals surface area (Å²) in [6.45, 7) is -0.609. The first-order valence-electron chi connectivity index (χ1n) is 8.49. The Kier molecular flexibility index (Phi) is 7.49. The van der Waals surface area contributed by atoms with Crippen LogP contribution in [-0.2, 0) is 23.7 Å². The standard InChI is InChI=1S/C15H26O12/c1-2-8(18)24-5-15(13(23)10(20)7(4-17)26-15)27-14-12(22)11(21)9(19)6(3-16)25-14/h6-7,9-14,16-17,19-23H,2-5H2,1H3/t6-,7-,9-,10-,11+,12-,13+,14-,15+/m1/s1. The van der Waals surface area contributed by atoms with Crippen LogP contribution in [-0.4, -0.2) is 116 Å². The van der Waals surface area contributed by atoms with Crippen LogP contribution in [0.5, 0.6) is 0 Å². The lowest BCUT2D eigenvalue weighted by Crippen LogP contribution is -2.62. The number of carbonyl (C=O) groups excluding carboxylic acids is 1. The zero-order chi connectivity index (χ0) is 20.4. The molecule has 27 heavy (non-hydrogen) atoms. The highest BCUT2D eigenvalue weighted by Gasteiger charge is 2.59. The summed E-state index contributed by atoms with van der Waals surface area (Å²) in [5.74, 6) is -2.91. The Labute approximate surface area is 154 Å². The first-order valence-corrected chi connectivity index (χ1v) is 8.49. The van der Waals surface area contributed by atoms with Gasteiger partial charge in [0.15, 0.2) is 6.29 Å². The minimum absolute atomic E-state index is 0.00178. The maximum absolute atomic E-state index is 11.5. The normalized spacial score (nSPS) is 45.0.